The second-order valence-electron chi connectivity index (χ2n) is 2.32. The van der Waals surface area contributed by atoms with Gasteiger partial charge in [0.15, 0.2) is 0 Å². The van der Waals surface area contributed by atoms with Gasteiger partial charge in [-0.25, -0.2) is 0 Å². The summed E-state index contributed by atoms with van der Waals surface area (Å²) in [4.78, 5) is 0. The minimum absolute atomic E-state index is 0.585. The molecule has 0 aromatic heterocycles. The van der Waals surface area contributed by atoms with Crippen molar-refractivity contribution in [2.75, 3.05) is 0 Å². The Morgan fingerprint density at radius 1 is 1.50 bits per heavy atom. The molecule has 2 atom stereocenters. The maximum absolute atomic E-state index is 9.06. The number of hydrogen-bond donors (Lipinski definition) is 2. The van der Waals surface area contributed by atoms with Gasteiger partial charge in [0, 0.05) is 0 Å². The van der Waals surface area contributed by atoms with Gasteiger partial charge >= 0.3 is 0 Å². The third-order valence-corrected chi connectivity index (χ3v) is 1.39. The van der Waals surface area contributed by atoms with Crippen LogP contribution in [0.1, 0.15) is 26.2 Å². The average Bonchev–Trinajstić information content (AvgIpc) is 1.98. The molecule has 2 heteroatoms. The van der Waals surface area contributed by atoms with Crippen LogP contribution in [0.4, 0.5) is 0 Å². The number of unbranched alkanes of at least 4 members (excludes halogenated alkanes) is 1. The minimum Gasteiger partial charge on any atom is -0.389 e. The number of aliphatic hydroxyl groups is 2. The third-order valence-electron chi connectivity index (χ3n) is 1.39. The van der Waals surface area contributed by atoms with Crippen molar-refractivity contribution in [3.8, 4) is 12.3 Å². The smallest absolute Gasteiger partial charge is 0.140 e. The van der Waals surface area contributed by atoms with Crippen LogP contribution in [0.25, 0.3) is 0 Å². The zero-order valence-corrected chi connectivity index (χ0v) is 6.25. The first kappa shape index (κ1) is 9.48. The van der Waals surface area contributed by atoms with Gasteiger partial charge in [-0.05, 0) is 6.42 Å². The highest BCUT2D eigenvalue weighted by molar-refractivity contribution is 4.96. The molecule has 0 aliphatic heterocycles. The van der Waals surface area contributed by atoms with Gasteiger partial charge in [0.25, 0.3) is 0 Å². The molecule has 0 amide bonds. The summed E-state index contributed by atoms with van der Waals surface area (Å²) in [5.74, 6) is 2.08. The Balaban J connectivity index is 3.43. The van der Waals surface area contributed by atoms with Crippen molar-refractivity contribution in [1.29, 1.82) is 0 Å². The second kappa shape index (κ2) is 5.28. The maximum atomic E-state index is 9.06. The van der Waals surface area contributed by atoms with E-state index in [-0.39, 0.29) is 0 Å². The van der Waals surface area contributed by atoms with E-state index < -0.39 is 12.2 Å². The lowest BCUT2D eigenvalue weighted by atomic mass is 10.1. The van der Waals surface area contributed by atoms with Crippen LogP contribution in [-0.2, 0) is 0 Å². The number of rotatable bonds is 4. The monoisotopic (exact) mass is 142 g/mol. The molecule has 58 valence electrons. The molecule has 2 nitrogen and oxygen atoms in total. The standard InChI is InChI=1S/C8H14O2/c1-3-5-6-8(10)7(9)4-2/h2,7-10H,3,5-6H2,1H3. The summed E-state index contributed by atoms with van der Waals surface area (Å²) < 4.78 is 0. The maximum Gasteiger partial charge on any atom is 0.140 e. The molecule has 0 aromatic rings. The van der Waals surface area contributed by atoms with Crippen LogP contribution < -0.4 is 0 Å². The van der Waals surface area contributed by atoms with Gasteiger partial charge < -0.3 is 10.2 Å². The van der Waals surface area contributed by atoms with Crippen molar-refractivity contribution in [2.45, 2.75) is 38.4 Å². The molecule has 0 fully saturated rings. The summed E-state index contributed by atoms with van der Waals surface area (Å²) in [5.41, 5.74) is 0. The second-order valence-corrected chi connectivity index (χ2v) is 2.32. The summed E-state index contributed by atoms with van der Waals surface area (Å²) in [6.07, 6.45) is 5.64. The van der Waals surface area contributed by atoms with E-state index in [4.69, 9.17) is 16.6 Å². The molecule has 0 saturated carbocycles. The molecule has 0 aromatic carbocycles. The van der Waals surface area contributed by atoms with Crippen molar-refractivity contribution < 1.29 is 10.2 Å². The molecule has 2 N–H and O–H groups in total. The molecular weight excluding hydrogens is 128 g/mol. The van der Waals surface area contributed by atoms with Gasteiger partial charge in [-0.1, -0.05) is 25.7 Å². The number of terminal acetylenes is 1. The molecule has 0 radical (unpaired) electrons. The predicted octanol–water partition coefficient (Wildman–Crippen LogP) is 0.532. The van der Waals surface area contributed by atoms with Gasteiger partial charge in [-0.2, -0.15) is 0 Å². The quantitative estimate of drug-likeness (QED) is 0.562. The summed E-state index contributed by atoms with van der Waals surface area (Å²) in [7, 11) is 0. The van der Waals surface area contributed by atoms with E-state index in [1.165, 1.54) is 0 Å². The fraction of sp³-hybridized carbons (Fsp3) is 0.750. The zero-order valence-electron chi connectivity index (χ0n) is 6.25. The van der Waals surface area contributed by atoms with Crippen molar-refractivity contribution in [3.05, 3.63) is 0 Å². The Labute approximate surface area is 61.9 Å². The SMILES string of the molecule is C#CC(O)C(O)CCCC. The summed E-state index contributed by atoms with van der Waals surface area (Å²) in [6, 6.07) is 0. The topological polar surface area (TPSA) is 40.5 Å². The van der Waals surface area contributed by atoms with Crippen molar-refractivity contribution in [1.82, 2.24) is 0 Å². The van der Waals surface area contributed by atoms with Gasteiger partial charge in [0.2, 0.25) is 0 Å². The van der Waals surface area contributed by atoms with E-state index in [0.717, 1.165) is 12.8 Å². The van der Waals surface area contributed by atoms with Gasteiger partial charge in [0.1, 0.15) is 6.10 Å². The molecule has 10 heavy (non-hydrogen) atoms. The van der Waals surface area contributed by atoms with Crippen LogP contribution in [0.15, 0.2) is 0 Å². The Bertz CT molecular complexity index is 115. The normalized spacial score (nSPS) is 15.8. The Morgan fingerprint density at radius 3 is 2.50 bits per heavy atom. The van der Waals surface area contributed by atoms with Gasteiger partial charge in [-0.3, -0.25) is 0 Å². The first-order chi connectivity index (χ1) is 4.72. The van der Waals surface area contributed by atoms with Crippen molar-refractivity contribution >= 4 is 0 Å². The Hall–Kier alpha value is -0.520. The van der Waals surface area contributed by atoms with E-state index in [9.17, 15) is 0 Å². The van der Waals surface area contributed by atoms with Gasteiger partial charge in [-0.15, -0.1) is 6.42 Å². The van der Waals surface area contributed by atoms with Crippen LogP contribution in [0.5, 0.6) is 0 Å². The lowest BCUT2D eigenvalue weighted by molar-refractivity contribution is 0.0473. The number of aliphatic hydroxyl groups excluding tert-OH is 2. The predicted molar refractivity (Wildman–Crippen MR) is 40.4 cm³/mol. The lowest BCUT2D eigenvalue weighted by Gasteiger charge is -2.10. The van der Waals surface area contributed by atoms with Crippen LogP contribution >= 0.6 is 0 Å². The highest BCUT2D eigenvalue weighted by Crippen LogP contribution is 2.03. The third kappa shape index (κ3) is 3.49. The number of hydrogen-bond acceptors (Lipinski definition) is 2. The van der Waals surface area contributed by atoms with Crippen LogP contribution in [-0.4, -0.2) is 22.4 Å². The molecule has 0 saturated heterocycles. The van der Waals surface area contributed by atoms with Crippen molar-refractivity contribution in [3.63, 3.8) is 0 Å². The minimum atomic E-state index is -0.994. The Kier molecular flexibility index (Phi) is 5.00. The molecule has 0 aliphatic carbocycles. The highest BCUT2D eigenvalue weighted by Gasteiger charge is 2.11. The fourth-order valence-corrected chi connectivity index (χ4v) is 0.682. The summed E-state index contributed by atoms with van der Waals surface area (Å²) >= 11 is 0. The van der Waals surface area contributed by atoms with E-state index in [1.54, 1.807) is 0 Å². The highest BCUT2D eigenvalue weighted by atomic mass is 16.3. The van der Waals surface area contributed by atoms with E-state index in [1.807, 2.05) is 6.92 Å². The lowest BCUT2D eigenvalue weighted by Crippen LogP contribution is -2.23. The fourth-order valence-electron chi connectivity index (χ4n) is 0.682. The molecule has 0 heterocycles. The molecule has 0 bridgehead atoms. The summed E-state index contributed by atoms with van der Waals surface area (Å²) in [6.45, 7) is 2.02. The van der Waals surface area contributed by atoms with Crippen LogP contribution in [0.2, 0.25) is 0 Å². The first-order valence-corrected chi connectivity index (χ1v) is 3.54. The van der Waals surface area contributed by atoms with E-state index in [0.29, 0.717) is 6.42 Å². The largest absolute Gasteiger partial charge is 0.389 e. The van der Waals surface area contributed by atoms with E-state index >= 15 is 0 Å². The first-order valence-electron chi connectivity index (χ1n) is 3.54. The molecule has 0 spiro atoms. The van der Waals surface area contributed by atoms with E-state index in [2.05, 4.69) is 5.92 Å². The average molecular weight is 142 g/mol. The Morgan fingerprint density at radius 2 is 2.10 bits per heavy atom. The van der Waals surface area contributed by atoms with Crippen molar-refractivity contribution in [2.24, 2.45) is 0 Å². The van der Waals surface area contributed by atoms with Crippen LogP contribution in [0.3, 0.4) is 0 Å². The molecular formula is C8H14O2. The van der Waals surface area contributed by atoms with Gasteiger partial charge in [0.05, 0.1) is 6.10 Å². The summed E-state index contributed by atoms with van der Waals surface area (Å²) in [5, 5.41) is 17.9. The molecule has 0 rings (SSSR count). The zero-order chi connectivity index (χ0) is 7.98. The van der Waals surface area contributed by atoms with Crippen LogP contribution in [0, 0.1) is 12.3 Å². The molecule has 0 aliphatic rings. The molecule has 2 unspecified atom stereocenters.